The van der Waals surface area contributed by atoms with Gasteiger partial charge in [0, 0.05) is 6.54 Å². The molecule has 26 heavy (non-hydrogen) atoms. The van der Waals surface area contributed by atoms with Gasteiger partial charge in [-0.1, -0.05) is 24.3 Å². The van der Waals surface area contributed by atoms with Gasteiger partial charge in [0.05, 0.1) is 0 Å². The van der Waals surface area contributed by atoms with Crippen LogP contribution < -0.4 is 14.8 Å². The second-order valence-corrected chi connectivity index (χ2v) is 6.16. The number of rotatable bonds is 8. The van der Waals surface area contributed by atoms with Crippen molar-refractivity contribution in [3.8, 4) is 11.5 Å². The molecule has 2 aromatic carbocycles. The minimum atomic E-state index is -2.87. The number of carbonyl (C=O) groups is 1. The van der Waals surface area contributed by atoms with E-state index in [0.29, 0.717) is 24.3 Å². The van der Waals surface area contributed by atoms with Crippen LogP contribution in [0.15, 0.2) is 42.5 Å². The van der Waals surface area contributed by atoms with Gasteiger partial charge in [-0.15, -0.1) is 0 Å². The topological polar surface area (TPSA) is 47.6 Å². The Labute approximate surface area is 151 Å². The van der Waals surface area contributed by atoms with Crippen molar-refractivity contribution in [1.82, 2.24) is 5.32 Å². The van der Waals surface area contributed by atoms with E-state index in [9.17, 15) is 13.6 Å². The molecule has 0 atom stereocenters. The molecular weight excluding hydrogens is 340 g/mol. The standard InChI is InChI=1S/C20H21F2NO3/c21-20(22)26-18-7-2-1-4-15(18)10-11-23-19(24)13-25-17-9-8-14-5-3-6-16(14)12-17/h1-2,4,7-9,12,20H,3,5-6,10-11,13H2,(H,23,24). The lowest BCUT2D eigenvalue weighted by atomic mass is 10.1. The maximum absolute atomic E-state index is 12.4. The Morgan fingerprint density at radius 1 is 1.12 bits per heavy atom. The average Bonchev–Trinajstić information content (AvgIpc) is 3.09. The lowest BCUT2D eigenvalue weighted by Gasteiger charge is -2.11. The van der Waals surface area contributed by atoms with E-state index in [4.69, 9.17) is 4.74 Å². The lowest BCUT2D eigenvalue weighted by molar-refractivity contribution is -0.123. The summed E-state index contributed by atoms with van der Waals surface area (Å²) in [7, 11) is 0. The zero-order valence-corrected chi connectivity index (χ0v) is 14.3. The third-order valence-electron chi connectivity index (χ3n) is 4.35. The van der Waals surface area contributed by atoms with Crippen molar-refractivity contribution in [3.05, 3.63) is 59.2 Å². The zero-order valence-electron chi connectivity index (χ0n) is 14.3. The second kappa shape index (κ2) is 8.65. The van der Waals surface area contributed by atoms with E-state index < -0.39 is 6.61 Å². The molecule has 2 aromatic rings. The molecule has 1 aliphatic carbocycles. The first-order valence-electron chi connectivity index (χ1n) is 8.66. The minimum absolute atomic E-state index is 0.0754. The highest BCUT2D eigenvalue weighted by atomic mass is 19.3. The molecule has 0 spiro atoms. The summed E-state index contributed by atoms with van der Waals surface area (Å²) in [6, 6.07) is 12.5. The van der Waals surface area contributed by atoms with E-state index >= 15 is 0 Å². The van der Waals surface area contributed by atoms with Crippen molar-refractivity contribution in [2.45, 2.75) is 32.3 Å². The van der Waals surface area contributed by atoms with Crippen LogP contribution in [0.3, 0.4) is 0 Å². The fraction of sp³-hybridized carbons (Fsp3) is 0.350. The van der Waals surface area contributed by atoms with Crippen LogP contribution in [-0.2, 0) is 24.1 Å². The monoisotopic (exact) mass is 361 g/mol. The molecular formula is C20H21F2NO3. The Kier molecular flexibility index (Phi) is 6.04. The Bertz CT molecular complexity index is 764. The molecule has 1 N–H and O–H groups in total. The van der Waals surface area contributed by atoms with Gasteiger partial charge in [0.1, 0.15) is 11.5 Å². The molecule has 0 aromatic heterocycles. The summed E-state index contributed by atoms with van der Waals surface area (Å²) in [5.74, 6) is 0.570. The lowest BCUT2D eigenvalue weighted by Crippen LogP contribution is -2.30. The molecule has 0 saturated carbocycles. The quantitative estimate of drug-likeness (QED) is 0.783. The van der Waals surface area contributed by atoms with E-state index in [2.05, 4.69) is 16.1 Å². The van der Waals surface area contributed by atoms with Crippen molar-refractivity contribution in [3.63, 3.8) is 0 Å². The van der Waals surface area contributed by atoms with Crippen LogP contribution in [0, 0.1) is 0 Å². The van der Waals surface area contributed by atoms with Gasteiger partial charge < -0.3 is 14.8 Å². The maximum Gasteiger partial charge on any atom is 0.387 e. The number of hydrogen-bond donors (Lipinski definition) is 1. The molecule has 0 heterocycles. The molecule has 4 nitrogen and oxygen atoms in total. The predicted molar refractivity (Wildman–Crippen MR) is 93.7 cm³/mol. The number of carbonyl (C=O) groups excluding carboxylic acids is 1. The summed E-state index contributed by atoms with van der Waals surface area (Å²) in [4.78, 5) is 11.9. The Hall–Kier alpha value is -2.63. The number of fused-ring (bicyclic) bond motifs is 1. The van der Waals surface area contributed by atoms with E-state index in [1.165, 1.54) is 17.2 Å². The average molecular weight is 361 g/mol. The van der Waals surface area contributed by atoms with Gasteiger partial charge in [0.15, 0.2) is 6.61 Å². The third kappa shape index (κ3) is 4.94. The number of aryl methyl sites for hydroxylation is 2. The molecule has 6 heteroatoms. The van der Waals surface area contributed by atoms with Crippen molar-refractivity contribution >= 4 is 5.91 Å². The number of halogens is 2. The molecule has 0 bridgehead atoms. The van der Waals surface area contributed by atoms with Crippen LogP contribution in [-0.4, -0.2) is 25.7 Å². The summed E-state index contributed by atoms with van der Waals surface area (Å²) < 4.78 is 34.8. The first-order chi connectivity index (χ1) is 12.6. The van der Waals surface area contributed by atoms with Crippen LogP contribution in [0.1, 0.15) is 23.1 Å². The molecule has 138 valence electrons. The molecule has 1 amide bonds. The van der Waals surface area contributed by atoms with Gasteiger partial charge in [-0.2, -0.15) is 8.78 Å². The molecule has 1 aliphatic rings. The van der Waals surface area contributed by atoms with Crippen LogP contribution in [0.4, 0.5) is 8.78 Å². The van der Waals surface area contributed by atoms with E-state index in [1.807, 2.05) is 12.1 Å². The maximum atomic E-state index is 12.4. The molecule has 0 aliphatic heterocycles. The molecule has 3 rings (SSSR count). The summed E-state index contributed by atoms with van der Waals surface area (Å²) in [5.41, 5.74) is 3.26. The summed E-state index contributed by atoms with van der Waals surface area (Å²) >= 11 is 0. The second-order valence-electron chi connectivity index (χ2n) is 6.16. The van der Waals surface area contributed by atoms with Crippen molar-refractivity contribution in [2.75, 3.05) is 13.2 Å². The van der Waals surface area contributed by atoms with Gasteiger partial charge in [0.25, 0.3) is 5.91 Å². The fourth-order valence-electron chi connectivity index (χ4n) is 3.10. The largest absolute Gasteiger partial charge is 0.484 e. The zero-order chi connectivity index (χ0) is 18.4. The van der Waals surface area contributed by atoms with E-state index in [0.717, 1.165) is 19.3 Å². The van der Waals surface area contributed by atoms with E-state index in [-0.39, 0.29) is 18.3 Å². The minimum Gasteiger partial charge on any atom is -0.484 e. The number of amides is 1. The van der Waals surface area contributed by atoms with Crippen molar-refractivity contribution in [1.29, 1.82) is 0 Å². The Balaban J connectivity index is 1.43. The number of para-hydroxylation sites is 1. The van der Waals surface area contributed by atoms with Crippen LogP contribution >= 0.6 is 0 Å². The predicted octanol–water partition coefficient (Wildman–Crippen LogP) is 3.51. The third-order valence-corrected chi connectivity index (χ3v) is 4.35. The van der Waals surface area contributed by atoms with Gasteiger partial charge >= 0.3 is 6.61 Å². The summed E-state index contributed by atoms with van der Waals surface area (Å²) in [6.45, 7) is -2.63. The van der Waals surface area contributed by atoms with Crippen LogP contribution in [0.5, 0.6) is 11.5 Å². The number of hydrogen-bond acceptors (Lipinski definition) is 3. The number of alkyl halides is 2. The number of ether oxygens (including phenoxy) is 2. The SMILES string of the molecule is O=C(COc1ccc2c(c1)CCC2)NCCc1ccccc1OC(F)F. The highest BCUT2D eigenvalue weighted by molar-refractivity contribution is 5.77. The smallest absolute Gasteiger partial charge is 0.387 e. The van der Waals surface area contributed by atoms with Gasteiger partial charge in [0.2, 0.25) is 0 Å². The summed E-state index contributed by atoms with van der Waals surface area (Å²) in [6.07, 6.45) is 3.72. The van der Waals surface area contributed by atoms with Gasteiger partial charge in [-0.25, -0.2) is 0 Å². The molecule has 0 saturated heterocycles. The van der Waals surface area contributed by atoms with Crippen LogP contribution in [0.25, 0.3) is 0 Å². The Morgan fingerprint density at radius 2 is 1.92 bits per heavy atom. The fourth-order valence-corrected chi connectivity index (χ4v) is 3.10. The van der Waals surface area contributed by atoms with Gasteiger partial charge in [-0.05, 0) is 60.6 Å². The van der Waals surface area contributed by atoms with Crippen molar-refractivity contribution < 1.29 is 23.0 Å². The Morgan fingerprint density at radius 3 is 2.77 bits per heavy atom. The highest BCUT2D eigenvalue weighted by Gasteiger charge is 2.12. The molecule has 0 fully saturated rings. The number of nitrogens with one attached hydrogen (secondary N) is 1. The van der Waals surface area contributed by atoms with Crippen LogP contribution in [0.2, 0.25) is 0 Å². The molecule has 0 unspecified atom stereocenters. The summed E-state index contributed by atoms with van der Waals surface area (Å²) in [5, 5.41) is 2.73. The molecule has 0 radical (unpaired) electrons. The normalized spacial score (nSPS) is 12.7. The van der Waals surface area contributed by atoms with Crippen molar-refractivity contribution in [2.24, 2.45) is 0 Å². The number of benzene rings is 2. The van der Waals surface area contributed by atoms with Gasteiger partial charge in [-0.3, -0.25) is 4.79 Å². The first kappa shape index (κ1) is 18.2. The highest BCUT2D eigenvalue weighted by Crippen LogP contribution is 2.26. The van der Waals surface area contributed by atoms with E-state index in [1.54, 1.807) is 18.2 Å². The first-order valence-corrected chi connectivity index (χ1v) is 8.66.